The molecule has 134 valence electrons. The Morgan fingerprint density at radius 3 is 2.88 bits per heavy atom. The Labute approximate surface area is 150 Å². The second-order valence-corrected chi connectivity index (χ2v) is 6.72. The van der Waals surface area contributed by atoms with Gasteiger partial charge in [0.2, 0.25) is 0 Å². The van der Waals surface area contributed by atoms with Gasteiger partial charge >= 0.3 is 0 Å². The maximum absolute atomic E-state index is 12.3. The molecule has 7 nitrogen and oxygen atoms in total. The molecule has 0 radical (unpaired) electrons. The lowest BCUT2D eigenvalue weighted by Gasteiger charge is -2.19. The van der Waals surface area contributed by atoms with Crippen molar-refractivity contribution in [1.29, 1.82) is 0 Å². The Kier molecular flexibility index (Phi) is 4.30. The number of nitrogens with zero attached hydrogens (tertiary/aromatic N) is 2. The Hall–Kier alpha value is -2.93. The molecule has 0 unspecified atom stereocenters. The summed E-state index contributed by atoms with van der Waals surface area (Å²) in [7, 11) is 0. The van der Waals surface area contributed by atoms with E-state index in [0.29, 0.717) is 22.8 Å². The molecule has 1 aliphatic carbocycles. The van der Waals surface area contributed by atoms with Crippen LogP contribution in [0.25, 0.3) is 10.8 Å². The van der Waals surface area contributed by atoms with E-state index in [4.69, 9.17) is 0 Å². The van der Waals surface area contributed by atoms with Crippen molar-refractivity contribution in [2.45, 2.75) is 38.3 Å². The summed E-state index contributed by atoms with van der Waals surface area (Å²) in [5.41, 5.74) is 0.886. The number of aromatic nitrogens is 3. The number of fused-ring (bicyclic) bond motifs is 1. The highest BCUT2D eigenvalue weighted by atomic mass is 16.3. The highest BCUT2D eigenvalue weighted by Crippen LogP contribution is 2.27. The fourth-order valence-electron chi connectivity index (χ4n) is 3.40. The minimum Gasteiger partial charge on any atom is -0.391 e. The Bertz CT molecular complexity index is 1000. The molecule has 1 saturated carbocycles. The molecular weight excluding hydrogens is 330 g/mol. The van der Waals surface area contributed by atoms with Gasteiger partial charge in [-0.05, 0) is 61.4 Å². The number of H-pyrrole nitrogens is 1. The van der Waals surface area contributed by atoms with Crippen LogP contribution >= 0.6 is 0 Å². The van der Waals surface area contributed by atoms with Gasteiger partial charge in [-0.25, -0.2) is 9.97 Å². The predicted octanol–water partition coefficient (Wildman–Crippen LogP) is 2.70. The summed E-state index contributed by atoms with van der Waals surface area (Å²) in [6.45, 7) is 1.99. The van der Waals surface area contributed by atoms with Crippen molar-refractivity contribution in [1.82, 2.24) is 15.0 Å². The Morgan fingerprint density at radius 2 is 2.12 bits per heavy atom. The zero-order valence-electron chi connectivity index (χ0n) is 14.5. The van der Waals surface area contributed by atoms with Gasteiger partial charge in [-0.1, -0.05) is 0 Å². The van der Waals surface area contributed by atoms with Crippen LogP contribution in [0.3, 0.4) is 0 Å². The molecule has 4 rings (SSSR count). The number of aliphatic hydroxyl groups is 1. The fraction of sp³-hybridized carbons (Fsp3) is 0.316. The molecule has 3 heterocycles. The number of aromatic amines is 1. The Morgan fingerprint density at radius 1 is 1.23 bits per heavy atom. The van der Waals surface area contributed by atoms with Gasteiger partial charge in [-0.3, -0.25) is 4.79 Å². The molecule has 4 N–H and O–H groups in total. The van der Waals surface area contributed by atoms with Gasteiger partial charge in [0.05, 0.1) is 17.5 Å². The van der Waals surface area contributed by atoms with Gasteiger partial charge in [-0.2, -0.15) is 0 Å². The average Bonchev–Trinajstić information content (AvgIpc) is 3.00. The second-order valence-electron chi connectivity index (χ2n) is 6.72. The zero-order chi connectivity index (χ0) is 18.1. The van der Waals surface area contributed by atoms with Crippen LogP contribution in [0.15, 0.2) is 41.5 Å². The lowest BCUT2D eigenvalue weighted by atomic mass is 10.1. The number of nitrogens with one attached hydrogen (secondary N) is 3. The van der Waals surface area contributed by atoms with Crippen LogP contribution in [0.4, 0.5) is 17.5 Å². The third kappa shape index (κ3) is 3.25. The summed E-state index contributed by atoms with van der Waals surface area (Å²) in [4.78, 5) is 23.9. The van der Waals surface area contributed by atoms with E-state index in [1.54, 1.807) is 12.4 Å². The number of anilines is 3. The van der Waals surface area contributed by atoms with E-state index in [9.17, 15) is 9.90 Å². The number of hydrogen-bond acceptors (Lipinski definition) is 6. The highest BCUT2D eigenvalue weighted by molar-refractivity contribution is 5.93. The lowest BCUT2D eigenvalue weighted by Crippen LogP contribution is -2.29. The van der Waals surface area contributed by atoms with Gasteiger partial charge in [0, 0.05) is 12.4 Å². The molecule has 26 heavy (non-hydrogen) atoms. The van der Waals surface area contributed by atoms with Gasteiger partial charge in [0.1, 0.15) is 17.5 Å². The lowest BCUT2D eigenvalue weighted by molar-refractivity contribution is 0.171. The first-order valence-electron chi connectivity index (χ1n) is 8.77. The zero-order valence-corrected chi connectivity index (χ0v) is 14.5. The maximum Gasteiger partial charge on any atom is 0.259 e. The van der Waals surface area contributed by atoms with Crippen molar-refractivity contribution in [2.75, 3.05) is 10.6 Å². The summed E-state index contributed by atoms with van der Waals surface area (Å²) in [6, 6.07) is 7.41. The van der Waals surface area contributed by atoms with E-state index in [1.807, 2.05) is 31.2 Å². The quantitative estimate of drug-likeness (QED) is 0.576. The molecule has 7 heteroatoms. The summed E-state index contributed by atoms with van der Waals surface area (Å²) in [5, 5.41) is 17.9. The van der Waals surface area contributed by atoms with E-state index in [1.165, 1.54) is 0 Å². The summed E-state index contributed by atoms with van der Waals surface area (Å²) >= 11 is 0. The van der Waals surface area contributed by atoms with E-state index in [0.717, 1.165) is 30.2 Å². The first-order valence-corrected chi connectivity index (χ1v) is 8.77. The highest BCUT2D eigenvalue weighted by Gasteiger charge is 2.26. The van der Waals surface area contributed by atoms with Crippen LogP contribution in [0.5, 0.6) is 0 Å². The van der Waals surface area contributed by atoms with Gasteiger partial charge in [-0.15, -0.1) is 0 Å². The third-order valence-electron chi connectivity index (χ3n) is 4.73. The van der Waals surface area contributed by atoms with Crippen LogP contribution in [-0.2, 0) is 0 Å². The molecule has 1 fully saturated rings. The number of pyridine rings is 3. The van der Waals surface area contributed by atoms with Crippen molar-refractivity contribution in [2.24, 2.45) is 0 Å². The number of rotatable bonds is 4. The summed E-state index contributed by atoms with van der Waals surface area (Å²) < 4.78 is 0. The van der Waals surface area contributed by atoms with Crippen LogP contribution < -0.4 is 16.2 Å². The summed E-state index contributed by atoms with van der Waals surface area (Å²) in [5.74, 6) is 1.76. The normalized spacial score (nSPS) is 19.6. The second kappa shape index (κ2) is 6.76. The van der Waals surface area contributed by atoms with Crippen molar-refractivity contribution >= 4 is 28.2 Å². The molecule has 0 bridgehead atoms. The average molecular weight is 351 g/mol. The molecule has 3 aromatic heterocycles. The van der Waals surface area contributed by atoms with E-state index < -0.39 is 6.10 Å². The molecule has 0 aromatic carbocycles. The monoisotopic (exact) mass is 351 g/mol. The SMILES string of the molecule is Cc1ccnc(Nc2cc3cc[nH]c(=O)c3c(N[C@H]3CCC[C@H]3O)n2)c1. The minimum atomic E-state index is -0.426. The van der Waals surface area contributed by atoms with Crippen molar-refractivity contribution in [3.05, 3.63) is 52.6 Å². The van der Waals surface area contributed by atoms with Gasteiger partial charge in [0.15, 0.2) is 0 Å². The minimum absolute atomic E-state index is 0.0994. The van der Waals surface area contributed by atoms with Crippen molar-refractivity contribution in [3.63, 3.8) is 0 Å². The maximum atomic E-state index is 12.3. The van der Waals surface area contributed by atoms with Crippen LogP contribution in [0.1, 0.15) is 24.8 Å². The molecule has 2 atom stereocenters. The molecule has 0 spiro atoms. The topological polar surface area (TPSA) is 103 Å². The smallest absolute Gasteiger partial charge is 0.259 e. The van der Waals surface area contributed by atoms with Crippen molar-refractivity contribution in [3.8, 4) is 0 Å². The molecule has 0 saturated heterocycles. The largest absolute Gasteiger partial charge is 0.391 e. The van der Waals surface area contributed by atoms with Crippen LogP contribution in [0, 0.1) is 6.92 Å². The van der Waals surface area contributed by atoms with Crippen LogP contribution in [-0.4, -0.2) is 32.2 Å². The van der Waals surface area contributed by atoms with Gasteiger partial charge in [0.25, 0.3) is 5.56 Å². The van der Waals surface area contributed by atoms with Gasteiger partial charge < -0.3 is 20.7 Å². The van der Waals surface area contributed by atoms with Crippen molar-refractivity contribution < 1.29 is 5.11 Å². The molecule has 3 aromatic rings. The first-order chi connectivity index (χ1) is 12.6. The van der Waals surface area contributed by atoms with E-state index in [-0.39, 0.29) is 11.6 Å². The number of aryl methyl sites for hydroxylation is 1. The predicted molar refractivity (Wildman–Crippen MR) is 102 cm³/mol. The molecule has 0 aliphatic heterocycles. The van der Waals surface area contributed by atoms with E-state index in [2.05, 4.69) is 25.6 Å². The fourth-order valence-corrected chi connectivity index (χ4v) is 3.40. The van der Waals surface area contributed by atoms with Crippen LogP contribution in [0.2, 0.25) is 0 Å². The number of hydrogen-bond donors (Lipinski definition) is 4. The summed E-state index contributed by atoms with van der Waals surface area (Å²) in [6.07, 6.45) is 5.50. The Balaban J connectivity index is 1.76. The standard InChI is InChI=1S/C19H21N5O2/c1-11-5-7-20-15(9-11)23-16-10-12-6-8-21-19(26)17(12)18(24-16)22-13-3-2-4-14(13)25/h5-10,13-14,25H,2-4H2,1H3,(H,21,26)(H2,20,22,23,24)/t13-,14+/m0/s1. The molecule has 1 aliphatic rings. The number of aliphatic hydroxyl groups excluding tert-OH is 1. The molecular formula is C19H21N5O2. The van der Waals surface area contributed by atoms with E-state index >= 15 is 0 Å². The molecule has 0 amide bonds. The third-order valence-corrected chi connectivity index (χ3v) is 4.73. The first kappa shape index (κ1) is 16.5.